The molecule has 0 bridgehead atoms. The number of carbonyl (C=O) groups is 1. The van der Waals surface area contributed by atoms with Gasteiger partial charge in [-0.05, 0) is 49.4 Å². The van der Waals surface area contributed by atoms with Crippen molar-refractivity contribution in [3.05, 3.63) is 59.2 Å². The standard InChI is InChI=1S/C20H25NO2/c1-13(2)17-11-8-10-15(4)19(17)21-20(22)16(5)23-18-12-7-6-9-14(18)3/h6-13,16H,1-5H3,(H,21,22)/t16-/m0/s1. The van der Waals surface area contributed by atoms with Crippen LogP contribution in [-0.2, 0) is 4.79 Å². The van der Waals surface area contributed by atoms with Gasteiger partial charge in [-0.25, -0.2) is 0 Å². The molecule has 2 aromatic carbocycles. The van der Waals surface area contributed by atoms with Gasteiger partial charge in [-0.1, -0.05) is 50.2 Å². The highest BCUT2D eigenvalue weighted by atomic mass is 16.5. The van der Waals surface area contributed by atoms with Gasteiger partial charge in [-0.3, -0.25) is 4.79 Å². The molecule has 0 aliphatic carbocycles. The molecule has 2 rings (SSSR count). The Balaban J connectivity index is 2.15. The van der Waals surface area contributed by atoms with Crippen LogP contribution in [0.25, 0.3) is 0 Å². The number of ether oxygens (including phenoxy) is 1. The molecule has 3 nitrogen and oxygen atoms in total. The molecule has 2 aromatic rings. The second-order valence-corrected chi connectivity index (χ2v) is 6.21. The Kier molecular flexibility index (Phi) is 5.43. The van der Waals surface area contributed by atoms with Gasteiger partial charge in [0.2, 0.25) is 0 Å². The largest absolute Gasteiger partial charge is 0.481 e. The molecule has 0 aliphatic heterocycles. The van der Waals surface area contributed by atoms with Crippen LogP contribution in [0.1, 0.15) is 43.4 Å². The Morgan fingerprint density at radius 1 is 0.957 bits per heavy atom. The van der Waals surface area contributed by atoms with Crippen LogP contribution >= 0.6 is 0 Å². The van der Waals surface area contributed by atoms with E-state index in [1.54, 1.807) is 6.92 Å². The summed E-state index contributed by atoms with van der Waals surface area (Å²) in [4.78, 5) is 12.5. The molecule has 3 heteroatoms. The number of anilines is 1. The normalized spacial score (nSPS) is 12.1. The lowest BCUT2D eigenvalue weighted by Gasteiger charge is -2.20. The van der Waals surface area contributed by atoms with E-state index in [9.17, 15) is 4.79 Å². The quantitative estimate of drug-likeness (QED) is 0.858. The highest BCUT2D eigenvalue weighted by molar-refractivity contribution is 5.95. The molecule has 0 heterocycles. The number of rotatable bonds is 5. The van der Waals surface area contributed by atoms with Crippen LogP contribution in [0.15, 0.2) is 42.5 Å². The van der Waals surface area contributed by atoms with Crippen molar-refractivity contribution < 1.29 is 9.53 Å². The molecule has 1 N–H and O–H groups in total. The number of amides is 1. The summed E-state index contributed by atoms with van der Waals surface area (Å²) < 4.78 is 5.81. The summed E-state index contributed by atoms with van der Waals surface area (Å²) in [5, 5.41) is 3.04. The van der Waals surface area contributed by atoms with Crippen molar-refractivity contribution in [3.63, 3.8) is 0 Å². The van der Waals surface area contributed by atoms with E-state index in [4.69, 9.17) is 4.74 Å². The van der Waals surface area contributed by atoms with Gasteiger partial charge in [-0.15, -0.1) is 0 Å². The summed E-state index contributed by atoms with van der Waals surface area (Å²) in [5.74, 6) is 0.950. The monoisotopic (exact) mass is 311 g/mol. The number of hydrogen-bond donors (Lipinski definition) is 1. The lowest BCUT2D eigenvalue weighted by atomic mass is 9.98. The predicted molar refractivity (Wildman–Crippen MR) is 95.2 cm³/mol. The molecule has 0 saturated carbocycles. The van der Waals surface area contributed by atoms with E-state index < -0.39 is 6.10 Å². The Morgan fingerprint density at radius 3 is 2.26 bits per heavy atom. The topological polar surface area (TPSA) is 38.3 Å². The zero-order chi connectivity index (χ0) is 17.0. The second-order valence-electron chi connectivity index (χ2n) is 6.21. The summed E-state index contributed by atoms with van der Waals surface area (Å²) >= 11 is 0. The van der Waals surface area contributed by atoms with Gasteiger partial charge < -0.3 is 10.1 Å². The molecular weight excluding hydrogens is 286 g/mol. The molecule has 0 aromatic heterocycles. The van der Waals surface area contributed by atoms with Gasteiger partial charge >= 0.3 is 0 Å². The molecule has 1 amide bonds. The Labute approximate surface area is 138 Å². The highest BCUT2D eigenvalue weighted by Crippen LogP contribution is 2.28. The first kappa shape index (κ1) is 17.1. The van der Waals surface area contributed by atoms with E-state index in [0.717, 1.165) is 28.1 Å². The van der Waals surface area contributed by atoms with Crippen LogP contribution in [0.2, 0.25) is 0 Å². The van der Waals surface area contributed by atoms with Crippen molar-refractivity contribution in [1.29, 1.82) is 0 Å². The third kappa shape index (κ3) is 4.13. The minimum atomic E-state index is -0.560. The zero-order valence-electron chi connectivity index (χ0n) is 14.5. The maximum absolute atomic E-state index is 12.5. The highest BCUT2D eigenvalue weighted by Gasteiger charge is 2.18. The van der Waals surface area contributed by atoms with E-state index in [-0.39, 0.29) is 5.91 Å². The Morgan fingerprint density at radius 2 is 1.61 bits per heavy atom. The van der Waals surface area contributed by atoms with Gasteiger partial charge in [0.25, 0.3) is 5.91 Å². The van der Waals surface area contributed by atoms with Crippen molar-refractivity contribution in [2.45, 2.75) is 46.6 Å². The smallest absolute Gasteiger partial charge is 0.265 e. The summed E-state index contributed by atoms with van der Waals surface area (Å²) in [7, 11) is 0. The van der Waals surface area contributed by atoms with Crippen molar-refractivity contribution in [2.75, 3.05) is 5.32 Å². The van der Waals surface area contributed by atoms with Crippen molar-refractivity contribution in [1.82, 2.24) is 0 Å². The number of carbonyl (C=O) groups excluding carboxylic acids is 1. The number of para-hydroxylation sites is 2. The molecule has 122 valence electrons. The maximum Gasteiger partial charge on any atom is 0.265 e. The van der Waals surface area contributed by atoms with Gasteiger partial charge in [0.1, 0.15) is 5.75 Å². The zero-order valence-corrected chi connectivity index (χ0v) is 14.5. The molecule has 0 aliphatic rings. The molecule has 0 spiro atoms. The molecule has 0 fully saturated rings. The summed E-state index contributed by atoms with van der Waals surface area (Å²) in [5.41, 5.74) is 4.12. The average Bonchev–Trinajstić information content (AvgIpc) is 2.51. The van der Waals surface area contributed by atoms with E-state index in [2.05, 4.69) is 25.2 Å². The van der Waals surface area contributed by atoms with Crippen molar-refractivity contribution in [2.24, 2.45) is 0 Å². The van der Waals surface area contributed by atoms with E-state index in [0.29, 0.717) is 5.92 Å². The fraction of sp³-hybridized carbons (Fsp3) is 0.350. The fourth-order valence-corrected chi connectivity index (χ4v) is 2.50. The first-order chi connectivity index (χ1) is 10.9. The van der Waals surface area contributed by atoms with Crippen LogP contribution in [0.5, 0.6) is 5.75 Å². The molecular formula is C20H25NO2. The third-order valence-electron chi connectivity index (χ3n) is 3.94. The van der Waals surface area contributed by atoms with Crippen LogP contribution < -0.4 is 10.1 Å². The molecule has 1 atom stereocenters. The number of nitrogens with one attached hydrogen (secondary N) is 1. The fourth-order valence-electron chi connectivity index (χ4n) is 2.50. The number of benzene rings is 2. The van der Waals surface area contributed by atoms with Crippen LogP contribution in [0.3, 0.4) is 0 Å². The van der Waals surface area contributed by atoms with Gasteiger partial charge in [0, 0.05) is 5.69 Å². The first-order valence-corrected chi connectivity index (χ1v) is 8.02. The summed E-state index contributed by atoms with van der Waals surface area (Å²) in [6.07, 6.45) is -0.560. The predicted octanol–water partition coefficient (Wildman–Crippen LogP) is 4.83. The molecule has 0 unspecified atom stereocenters. The molecule has 0 radical (unpaired) electrons. The summed E-state index contributed by atoms with van der Waals surface area (Å²) in [6.45, 7) is 10.00. The maximum atomic E-state index is 12.5. The van der Waals surface area contributed by atoms with Crippen LogP contribution in [0, 0.1) is 13.8 Å². The molecule has 23 heavy (non-hydrogen) atoms. The lowest BCUT2D eigenvalue weighted by molar-refractivity contribution is -0.122. The van der Waals surface area contributed by atoms with E-state index in [1.165, 1.54) is 0 Å². The van der Waals surface area contributed by atoms with E-state index >= 15 is 0 Å². The third-order valence-corrected chi connectivity index (χ3v) is 3.94. The lowest BCUT2D eigenvalue weighted by Crippen LogP contribution is -2.31. The Bertz CT molecular complexity index is 692. The van der Waals surface area contributed by atoms with Crippen molar-refractivity contribution in [3.8, 4) is 5.75 Å². The SMILES string of the molecule is Cc1ccccc1O[C@@H](C)C(=O)Nc1c(C)cccc1C(C)C. The van der Waals surface area contributed by atoms with Crippen molar-refractivity contribution >= 4 is 11.6 Å². The number of hydrogen-bond acceptors (Lipinski definition) is 2. The van der Waals surface area contributed by atoms with E-state index in [1.807, 2.05) is 50.2 Å². The van der Waals surface area contributed by atoms with Gasteiger partial charge in [-0.2, -0.15) is 0 Å². The molecule has 0 saturated heterocycles. The second kappa shape index (κ2) is 7.32. The van der Waals surface area contributed by atoms with Gasteiger partial charge in [0.15, 0.2) is 6.10 Å². The average molecular weight is 311 g/mol. The van der Waals surface area contributed by atoms with Gasteiger partial charge in [0.05, 0.1) is 0 Å². The number of aryl methyl sites for hydroxylation is 2. The van der Waals surface area contributed by atoms with Crippen LogP contribution in [-0.4, -0.2) is 12.0 Å². The van der Waals surface area contributed by atoms with Crippen LogP contribution in [0.4, 0.5) is 5.69 Å². The minimum absolute atomic E-state index is 0.135. The minimum Gasteiger partial charge on any atom is -0.481 e. The first-order valence-electron chi connectivity index (χ1n) is 8.02. The Hall–Kier alpha value is -2.29. The summed E-state index contributed by atoms with van der Waals surface area (Å²) in [6, 6.07) is 13.8.